The number of alkyl halides is 2. The van der Waals surface area contributed by atoms with Gasteiger partial charge in [0.1, 0.15) is 4.84 Å². The normalized spacial score (nSPS) is 18.6. The van der Waals surface area contributed by atoms with Crippen molar-refractivity contribution in [3.63, 3.8) is 0 Å². The van der Waals surface area contributed by atoms with Crippen LogP contribution in [0.25, 0.3) is 0 Å². The number of hydrogen-bond donors (Lipinski definition) is 0. The maximum atomic E-state index is 5.68. The summed E-state index contributed by atoms with van der Waals surface area (Å²) in [6, 6.07) is 0. The largest absolute Gasteiger partial charge is 0.107 e. The lowest BCUT2D eigenvalue weighted by atomic mass is 9.85. The molecule has 2 heteroatoms. The average Bonchev–Trinajstić information content (AvgIpc) is 2.24. The summed E-state index contributed by atoms with van der Waals surface area (Å²) in [4.78, 5) is -0.150. The summed E-state index contributed by atoms with van der Waals surface area (Å²) in [5.74, 6) is 1.05. The van der Waals surface area contributed by atoms with Gasteiger partial charge in [0.2, 0.25) is 0 Å². The van der Waals surface area contributed by atoms with Gasteiger partial charge in [-0.25, -0.2) is 0 Å². The monoisotopic (exact) mass is 250 g/mol. The van der Waals surface area contributed by atoms with Crippen LogP contribution in [0.2, 0.25) is 0 Å². The maximum Gasteiger partial charge on any atom is 0.107 e. The molecule has 0 radical (unpaired) electrons. The average molecular weight is 251 g/mol. The SMILES string of the molecule is ClC(Cl)CCCCCCC1CCCCC1. The van der Waals surface area contributed by atoms with Gasteiger partial charge in [-0.15, -0.1) is 23.2 Å². The van der Waals surface area contributed by atoms with Gasteiger partial charge < -0.3 is 0 Å². The summed E-state index contributed by atoms with van der Waals surface area (Å²) < 4.78 is 0. The van der Waals surface area contributed by atoms with Crippen LogP contribution in [0.4, 0.5) is 0 Å². The van der Waals surface area contributed by atoms with Gasteiger partial charge in [0, 0.05) is 0 Å². The highest BCUT2D eigenvalue weighted by Crippen LogP contribution is 2.28. The Balaban J connectivity index is 1.83. The molecule has 0 saturated heterocycles. The van der Waals surface area contributed by atoms with Gasteiger partial charge in [-0.3, -0.25) is 0 Å². The molecule has 0 aromatic heterocycles. The minimum Gasteiger partial charge on any atom is -0.105 e. The predicted octanol–water partition coefficient (Wildman–Crippen LogP) is 5.71. The Bertz CT molecular complexity index is 139. The molecule has 0 bridgehead atoms. The zero-order valence-corrected chi connectivity index (χ0v) is 11.2. The Labute approximate surface area is 105 Å². The van der Waals surface area contributed by atoms with Crippen molar-refractivity contribution in [2.75, 3.05) is 0 Å². The smallest absolute Gasteiger partial charge is 0.105 e. The van der Waals surface area contributed by atoms with Crippen LogP contribution in [-0.2, 0) is 0 Å². The zero-order chi connectivity index (χ0) is 10.9. The summed E-state index contributed by atoms with van der Waals surface area (Å²) >= 11 is 11.4. The van der Waals surface area contributed by atoms with E-state index >= 15 is 0 Å². The minimum absolute atomic E-state index is 0.150. The van der Waals surface area contributed by atoms with E-state index in [2.05, 4.69) is 0 Å². The van der Waals surface area contributed by atoms with Crippen LogP contribution in [0.3, 0.4) is 0 Å². The molecular weight excluding hydrogens is 227 g/mol. The fourth-order valence-electron chi connectivity index (χ4n) is 2.56. The molecule has 0 aliphatic heterocycles. The molecule has 0 atom stereocenters. The molecule has 0 amide bonds. The van der Waals surface area contributed by atoms with Crippen LogP contribution >= 0.6 is 23.2 Å². The van der Waals surface area contributed by atoms with Gasteiger partial charge in [-0.2, -0.15) is 0 Å². The van der Waals surface area contributed by atoms with E-state index in [1.54, 1.807) is 0 Å². The molecular formula is C13H24Cl2. The van der Waals surface area contributed by atoms with Gasteiger partial charge in [0.05, 0.1) is 0 Å². The van der Waals surface area contributed by atoms with E-state index in [1.165, 1.54) is 64.2 Å². The molecule has 0 aromatic carbocycles. The molecule has 0 spiro atoms. The minimum atomic E-state index is -0.150. The summed E-state index contributed by atoms with van der Waals surface area (Å²) in [6.07, 6.45) is 15.1. The van der Waals surface area contributed by atoms with Crippen LogP contribution in [0, 0.1) is 5.92 Å². The van der Waals surface area contributed by atoms with E-state index in [0.717, 1.165) is 12.3 Å². The maximum absolute atomic E-state index is 5.68. The molecule has 0 aromatic rings. The number of hydrogen-bond acceptors (Lipinski definition) is 0. The van der Waals surface area contributed by atoms with Gasteiger partial charge in [-0.1, -0.05) is 64.2 Å². The molecule has 0 N–H and O–H groups in total. The van der Waals surface area contributed by atoms with Crippen LogP contribution < -0.4 is 0 Å². The summed E-state index contributed by atoms with van der Waals surface area (Å²) in [6.45, 7) is 0. The Morgan fingerprint density at radius 3 is 2.20 bits per heavy atom. The Morgan fingerprint density at radius 2 is 1.53 bits per heavy atom. The van der Waals surface area contributed by atoms with E-state index in [-0.39, 0.29) is 4.84 Å². The first-order valence-electron chi connectivity index (χ1n) is 6.57. The van der Waals surface area contributed by atoms with Crippen molar-refractivity contribution in [1.82, 2.24) is 0 Å². The fraction of sp³-hybridized carbons (Fsp3) is 1.00. The topological polar surface area (TPSA) is 0 Å². The van der Waals surface area contributed by atoms with E-state index in [9.17, 15) is 0 Å². The Hall–Kier alpha value is 0.580. The molecule has 90 valence electrons. The number of rotatable bonds is 7. The van der Waals surface area contributed by atoms with Crippen molar-refractivity contribution in [3.8, 4) is 0 Å². The van der Waals surface area contributed by atoms with Crippen LogP contribution in [0.5, 0.6) is 0 Å². The second-order valence-corrected chi connectivity index (χ2v) is 6.16. The van der Waals surface area contributed by atoms with Crippen LogP contribution in [0.1, 0.15) is 70.6 Å². The number of unbranched alkanes of at least 4 members (excludes halogenated alkanes) is 3. The van der Waals surface area contributed by atoms with Crippen LogP contribution in [0.15, 0.2) is 0 Å². The molecule has 1 aliphatic carbocycles. The molecule has 0 heterocycles. The highest BCUT2D eigenvalue weighted by atomic mass is 35.5. The quantitative estimate of drug-likeness (QED) is 0.401. The Kier molecular flexibility index (Phi) is 7.91. The van der Waals surface area contributed by atoms with Crippen molar-refractivity contribution >= 4 is 23.2 Å². The lowest BCUT2D eigenvalue weighted by molar-refractivity contribution is 0.328. The summed E-state index contributed by atoms with van der Waals surface area (Å²) in [5.41, 5.74) is 0. The van der Waals surface area contributed by atoms with Crippen molar-refractivity contribution in [3.05, 3.63) is 0 Å². The molecule has 0 nitrogen and oxygen atoms in total. The fourth-order valence-corrected chi connectivity index (χ4v) is 2.87. The van der Waals surface area contributed by atoms with Crippen LogP contribution in [-0.4, -0.2) is 4.84 Å². The van der Waals surface area contributed by atoms with Gasteiger partial charge >= 0.3 is 0 Å². The molecule has 1 aliphatic rings. The highest BCUT2D eigenvalue weighted by molar-refractivity contribution is 6.44. The Morgan fingerprint density at radius 1 is 0.867 bits per heavy atom. The van der Waals surface area contributed by atoms with Gasteiger partial charge in [0.15, 0.2) is 0 Å². The lowest BCUT2D eigenvalue weighted by Crippen LogP contribution is -2.05. The third-order valence-corrected chi connectivity index (χ3v) is 3.95. The van der Waals surface area contributed by atoms with E-state index in [1.807, 2.05) is 0 Å². The molecule has 0 unspecified atom stereocenters. The first-order valence-corrected chi connectivity index (χ1v) is 7.44. The van der Waals surface area contributed by atoms with Crippen molar-refractivity contribution in [2.24, 2.45) is 5.92 Å². The predicted molar refractivity (Wildman–Crippen MR) is 69.8 cm³/mol. The van der Waals surface area contributed by atoms with Crippen molar-refractivity contribution < 1.29 is 0 Å². The second kappa shape index (κ2) is 8.70. The molecule has 1 saturated carbocycles. The molecule has 1 rings (SSSR count). The second-order valence-electron chi connectivity index (χ2n) is 4.89. The van der Waals surface area contributed by atoms with E-state index in [4.69, 9.17) is 23.2 Å². The van der Waals surface area contributed by atoms with Crippen molar-refractivity contribution in [1.29, 1.82) is 0 Å². The molecule has 15 heavy (non-hydrogen) atoms. The third-order valence-electron chi connectivity index (χ3n) is 3.51. The summed E-state index contributed by atoms with van der Waals surface area (Å²) in [7, 11) is 0. The molecule has 1 fully saturated rings. The number of halogens is 2. The zero-order valence-electron chi connectivity index (χ0n) is 9.69. The van der Waals surface area contributed by atoms with E-state index < -0.39 is 0 Å². The summed E-state index contributed by atoms with van der Waals surface area (Å²) in [5, 5.41) is 0. The first-order chi connectivity index (χ1) is 7.29. The lowest BCUT2D eigenvalue weighted by Gasteiger charge is -2.21. The van der Waals surface area contributed by atoms with Gasteiger partial charge in [-0.05, 0) is 12.3 Å². The van der Waals surface area contributed by atoms with Crippen molar-refractivity contribution in [2.45, 2.75) is 75.5 Å². The van der Waals surface area contributed by atoms with E-state index in [0.29, 0.717) is 0 Å². The standard InChI is InChI=1S/C13H24Cl2/c14-13(15)11-7-2-1-4-8-12-9-5-3-6-10-12/h12-13H,1-11H2. The van der Waals surface area contributed by atoms with Gasteiger partial charge in [0.25, 0.3) is 0 Å². The third kappa shape index (κ3) is 7.47. The first kappa shape index (κ1) is 13.6. The highest BCUT2D eigenvalue weighted by Gasteiger charge is 2.12.